The number of ketones is 1. The molecule has 0 aliphatic carbocycles. The van der Waals surface area contributed by atoms with Gasteiger partial charge in [0.25, 0.3) is 5.69 Å². The van der Waals surface area contributed by atoms with Crippen molar-refractivity contribution >= 4 is 17.2 Å². The van der Waals surface area contributed by atoms with Gasteiger partial charge in [-0.25, -0.2) is 0 Å². The van der Waals surface area contributed by atoms with E-state index in [4.69, 9.17) is 4.74 Å². The SMILES string of the molecule is CCOc1ccc(CN2CCN(c3ccc(C(C)=O)cc3[N+](=O)[O-])CC2)cc1. The van der Waals surface area contributed by atoms with Crippen LogP contribution < -0.4 is 9.64 Å². The summed E-state index contributed by atoms with van der Waals surface area (Å²) < 4.78 is 5.47. The molecule has 1 fully saturated rings. The van der Waals surface area contributed by atoms with Crippen LogP contribution in [0.4, 0.5) is 11.4 Å². The van der Waals surface area contributed by atoms with E-state index in [1.165, 1.54) is 18.6 Å². The summed E-state index contributed by atoms with van der Waals surface area (Å²) >= 11 is 0. The Bertz CT molecular complexity index is 843. The summed E-state index contributed by atoms with van der Waals surface area (Å²) in [5, 5.41) is 11.5. The number of benzene rings is 2. The quantitative estimate of drug-likeness (QED) is 0.414. The van der Waals surface area contributed by atoms with Crippen molar-refractivity contribution in [2.24, 2.45) is 0 Å². The number of ether oxygens (including phenoxy) is 1. The third-order valence-electron chi connectivity index (χ3n) is 4.93. The number of nitro benzene ring substituents is 1. The van der Waals surface area contributed by atoms with E-state index in [-0.39, 0.29) is 11.5 Å². The van der Waals surface area contributed by atoms with Gasteiger partial charge in [-0.2, -0.15) is 0 Å². The average molecular weight is 383 g/mol. The molecule has 148 valence electrons. The first-order valence-corrected chi connectivity index (χ1v) is 9.46. The van der Waals surface area contributed by atoms with E-state index in [0.717, 1.165) is 25.4 Å². The molecule has 0 atom stereocenters. The maximum Gasteiger partial charge on any atom is 0.293 e. The maximum atomic E-state index is 11.5. The van der Waals surface area contributed by atoms with E-state index in [9.17, 15) is 14.9 Å². The molecule has 7 nitrogen and oxygen atoms in total. The van der Waals surface area contributed by atoms with Gasteiger partial charge in [0, 0.05) is 44.4 Å². The van der Waals surface area contributed by atoms with Crippen molar-refractivity contribution in [3.05, 3.63) is 63.7 Å². The van der Waals surface area contributed by atoms with Gasteiger partial charge < -0.3 is 9.64 Å². The summed E-state index contributed by atoms with van der Waals surface area (Å²) in [4.78, 5) is 26.9. The number of hydrogen-bond donors (Lipinski definition) is 0. The molecule has 0 spiro atoms. The molecule has 1 saturated heterocycles. The Morgan fingerprint density at radius 1 is 1.11 bits per heavy atom. The highest BCUT2D eigenvalue weighted by Crippen LogP contribution is 2.30. The number of piperazine rings is 1. The molecule has 3 rings (SSSR count). The van der Waals surface area contributed by atoms with Crippen molar-refractivity contribution < 1.29 is 14.5 Å². The summed E-state index contributed by atoms with van der Waals surface area (Å²) in [7, 11) is 0. The predicted octanol–water partition coefficient (Wildman–Crippen LogP) is 3.52. The number of anilines is 1. The van der Waals surface area contributed by atoms with Crippen molar-refractivity contribution in [1.29, 1.82) is 0 Å². The Morgan fingerprint density at radius 3 is 2.36 bits per heavy atom. The van der Waals surface area contributed by atoms with Crippen molar-refractivity contribution in [2.45, 2.75) is 20.4 Å². The molecule has 28 heavy (non-hydrogen) atoms. The van der Waals surface area contributed by atoms with Crippen LogP contribution in [0.2, 0.25) is 0 Å². The Morgan fingerprint density at radius 2 is 1.79 bits per heavy atom. The molecule has 0 bridgehead atoms. The first-order valence-electron chi connectivity index (χ1n) is 9.46. The number of rotatable bonds is 7. The second-order valence-corrected chi connectivity index (χ2v) is 6.86. The smallest absolute Gasteiger partial charge is 0.293 e. The monoisotopic (exact) mass is 383 g/mol. The number of Topliss-reactive ketones (excluding diaryl/α,β-unsaturated/α-hetero) is 1. The van der Waals surface area contributed by atoms with Gasteiger partial charge in [0.05, 0.1) is 11.5 Å². The first-order chi connectivity index (χ1) is 13.5. The van der Waals surface area contributed by atoms with E-state index < -0.39 is 4.92 Å². The zero-order valence-corrected chi connectivity index (χ0v) is 16.3. The molecule has 0 saturated carbocycles. The lowest BCUT2D eigenvalue weighted by Crippen LogP contribution is -2.46. The van der Waals surface area contributed by atoms with Crippen LogP contribution in [0.3, 0.4) is 0 Å². The van der Waals surface area contributed by atoms with Crippen LogP contribution in [0.1, 0.15) is 29.8 Å². The molecule has 1 heterocycles. The number of nitro groups is 1. The zero-order chi connectivity index (χ0) is 20.1. The second-order valence-electron chi connectivity index (χ2n) is 6.86. The van der Waals surface area contributed by atoms with Crippen LogP contribution in [0.5, 0.6) is 5.75 Å². The summed E-state index contributed by atoms with van der Waals surface area (Å²) in [6.07, 6.45) is 0. The summed E-state index contributed by atoms with van der Waals surface area (Å²) in [6.45, 7) is 7.92. The van der Waals surface area contributed by atoms with E-state index in [1.807, 2.05) is 24.0 Å². The Hall–Kier alpha value is -2.93. The number of carbonyl (C=O) groups is 1. The molecule has 0 radical (unpaired) electrons. The number of carbonyl (C=O) groups excluding carboxylic acids is 1. The number of nitrogens with zero attached hydrogens (tertiary/aromatic N) is 3. The summed E-state index contributed by atoms with van der Waals surface area (Å²) in [5.74, 6) is 0.701. The molecule has 2 aromatic carbocycles. The largest absolute Gasteiger partial charge is 0.494 e. The lowest BCUT2D eigenvalue weighted by Gasteiger charge is -2.35. The van der Waals surface area contributed by atoms with Crippen molar-refractivity contribution in [3.8, 4) is 5.75 Å². The van der Waals surface area contributed by atoms with Crippen molar-refractivity contribution in [2.75, 3.05) is 37.7 Å². The molecule has 2 aromatic rings. The fourth-order valence-corrected chi connectivity index (χ4v) is 3.42. The Labute approximate surface area is 164 Å². The third-order valence-corrected chi connectivity index (χ3v) is 4.93. The number of hydrogen-bond acceptors (Lipinski definition) is 6. The minimum absolute atomic E-state index is 0.00679. The normalized spacial score (nSPS) is 14.7. The first kappa shape index (κ1) is 19.8. The minimum Gasteiger partial charge on any atom is -0.494 e. The minimum atomic E-state index is -0.409. The molecule has 1 aliphatic heterocycles. The molecular weight excluding hydrogens is 358 g/mol. The van der Waals surface area contributed by atoms with Gasteiger partial charge >= 0.3 is 0 Å². The standard InChI is InChI=1S/C21H25N3O4/c1-3-28-19-7-4-17(5-8-19)15-22-10-12-23(13-11-22)20-9-6-18(16(2)25)14-21(20)24(26)27/h4-9,14H,3,10-13,15H2,1-2H3. The molecule has 0 aromatic heterocycles. The van der Waals surface area contributed by atoms with Gasteiger partial charge in [-0.3, -0.25) is 19.8 Å². The molecular formula is C21H25N3O4. The Balaban J connectivity index is 1.63. The second kappa shape index (κ2) is 8.84. The predicted molar refractivity (Wildman–Crippen MR) is 108 cm³/mol. The molecule has 0 amide bonds. The van der Waals surface area contributed by atoms with E-state index in [0.29, 0.717) is 30.9 Å². The van der Waals surface area contributed by atoms with Gasteiger partial charge in [0.2, 0.25) is 0 Å². The topological polar surface area (TPSA) is 75.9 Å². The zero-order valence-electron chi connectivity index (χ0n) is 16.3. The fourth-order valence-electron chi connectivity index (χ4n) is 3.42. The lowest BCUT2D eigenvalue weighted by molar-refractivity contribution is -0.384. The molecule has 0 unspecified atom stereocenters. The highest BCUT2D eigenvalue weighted by Gasteiger charge is 2.24. The molecule has 7 heteroatoms. The maximum absolute atomic E-state index is 11.5. The summed E-state index contributed by atoms with van der Waals surface area (Å²) in [6, 6.07) is 12.8. The molecule has 1 aliphatic rings. The third kappa shape index (κ3) is 4.67. The van der Waals surface area contributed by atoms with E-state index in [1.54, 1.807) is 12.1 Å². The van der Waals surface area contributed by atoms with E-state index >= 15 is 0 Å². The fraction of sp³-hybridized carbons (Fsp3) is 0.381. The highest BCUT2D eigenvalue weighted by molar-refractivity contribution is 5.95. The van der Waals surface area contributed by atoms with E-state index in [2.05, 4.69) is 17.0 Å². The van der Waals surface area contributed by atoms with Crippen LogP contribution in [0.15, 0.2) is 42.5 Å². The molecule has 0 N–H and O–H groups in total. The van der Waals surface area contributed by atoms with Crippen LogP contribution in [-0.2, 0) is 6.54 Å². The van der Waals surface area contributed by atoms with Crippen LogP contribution in [0, 0.1) is 10.1 Å². The van der Waals surface area contributed by atoms with Crippen molar-refractivity contribution in [3.63, 3.8) is 0 Å². The van der Waals surface area contributed by atoms with Crippen LogP contribution in [0.25, 0.3) is 0 Å². The van der Waals surface area contributed by atoms with Crippen LogP contribution >= 0.6 is 0 Å². The lowest BCUT2D eigenvalue weighted by atomic mass is 10.1. The van der Waals surface area contributed by atoms with Gasteiger partial charge in [-0.05, 0) is 43.7 Å². The average Bonchev–Trinajstić information content (AvgIpc) is 2.70. The Kier molecular flexibility index (Phi) is 6.26. The van der Waals surface area contributed by atoms with Gasteiger partial charge in [0.15, 0.2) is 5.78 Å². The van der Waals surface area contributed by atoms with Crippen molar-refractivity contribution in [1.82, 2.24) is 4.90 Å². The van der Waals surface area contributed by atoms with Gasteiger partial charge in [-0.15, -0.1) is 0 Å². The summed E-state index contributed by atoms with van der Waals surface area (Å²) in [5.41, 5.74) is 2.15. The van der Waals surface area contributed by atoms with Gasteiger partial charge in [-0.1, -0.05) is 12.1 Å². The highest BCUT2D eigenvalue weighted by atomic mass is 16.6. The van der Waals surface area contributed by atoms with Gasteiger partial charge in [0.1, 0.15) is 11.4 Å². The van der Waals surface area contributed by atoms with Crippen LogP contribution in [-0.4, -0.2) is 48.4 Å².